The first-order valence-electron chi connectivity index (χ1n) is 11.3. The minimum Gasteiger partial charge on any atom is -0.488 e. The predicted molar refractivity (Wildman–Crippen MR) is 125 cm³/mol. The maximum atomic E-state index is 14.9. The summed E-state index contributed by atoms with van der Waals surface area (Å²) in [5.41, 5.74) is -2.91. The molecule has 0 aromatic heterocycles. The zero-order valence-corrected chi connectivity index (χ0v) is 21.5. The molecular weight excluding hydrogens is 431 g/mol. The first-order chi connectivity index (χ1) is 14.8. The summed E-state index contributed by atoms with van der Waals surface area (Å²) >= 11 is 0. The number of nitrogens with one attached hydrogen (secondary N) is 1. The molecular formula is C24H38BF2NO5. The number of rotatable bonds is 7. The molecule has 0 bridgehead atoms. The largest absolute Gasteiger partial charge is 0.497 e. The van der Waals surface area contributed by atoms with Gasteiger partial charge in [-0.15, -0.1) is 0 Å². The molecule has 1 aliphatic rings. The second-order valence-electron chi connectivity index (χ2n) is 11.5. The molecule has 1 saturated heterocycles. The number of hydrogen-bond acceptors (Lipinski definition) is 5. The lowest BCUT2D eigenvalue weighted by atomic mass is 9.78. The monoisotopic (exact) mass is 469 g/mol. The van der Waals surface area contributed by atoms with Gasteiger partial charge in [0.15, 0.2) is 11.6 Å². The van der Waals surface area contributed by atoms with E-state index in [1.54, 1.807) is 27.7 Å². The van der Waals surface area contributed by atoms with Crippen molar-refractivity contribution in [2.75, 3.05) is 6.61 Å². The molecule has 2 rings (SSSR count). The fraction of sp³-hybridized carbons (Fsp3) is 0.708. The molecule has 6 nitrogen and oxygen atoms in total. The molecule has 33 heavy (non-hydrogen) atoms. The molecule has 1 aliphatic heterocycles. The van der Waals surface area contributed by atoms with Gasteiger partial charge in [0.2, 0.25) is 0 Å². The molecule has 0 spiro atoms. The van der Waals surface area contributed by atoms with Crippen molar-refractivity contribution in [3.05, 3.63) is 23.8 Å². The molecule has 1 N–H and O–H groups in total. The Hall–Kier alpha value is -1.87. The molecule has 0 aliphatic carbocycles. The fourth-order valence-electron chi connectivity index (χ4n) is 3.64. The van der Waals surface area contributed by atoms with Gasteiger partial charge in [-0.25, -0.2) is 13.6 Å². The second-order valence-corrected chi connectivity index (χ2v) is 11.5. The van der Waals surface area contributed by atoms with Gasteiger partial charge in [0.05, 0.1) is 16.7 Å². The van der Waals surface area contributed by atoms with Gasteiger partial charge in [-0.05, 0) is 73.8 Å². The number of benzene rings is 1. The molecule has 9 heteroatoms. The molecule has 1 atom stereocenters. The first kappa shape index (κ1) is 27.4. The highest BCUT2D eigenvalue weighted by atomic mass is 19.1. The van der Waals surface area contributed by atoms with Crippen molar-refractivity contribution in [1.82, 2.24) is 5.32 Å². The number of alkyl carbamates (subject to hydrolysis) is 1. The highest BCUT2D eigenvalue weighted by Crippen LogP contribution is 2.37. The Kier molecular flexibility index (Phi) is 7.81. The van der Waals surface area contributed by atoms with Crippen molar-refractivity contribution < 1.29 is 32.4 Å². The van der Waals surface area contributed by atoms with E-state index < -0.39 is 47.2 Å². The molecule has 186 valence electrons. The van der Waals surface area contributed by atoms with E-state index in [2.05, 4.69) is 5.32 Å². The summed E-state index contributed by atoms with van der Waals surface area (Å²) in [5.74, 6) is -1.49. The van der Waals surface area contributed by atoms with Crippen LogP contribution in [0.3, 0.4) is 0 Å². The summed E-state index contributed by atoms with van der Waals surface area (Å²) in [6, 6.07) is 2.02. The van der Waals surface area contributed by atoms with E-state index >= 15 is 0 Å². The molecule has 1 heterocycles. The van der Waals surface area contributed by atoms with Gasteiger partial charge >= 0.3 is 13.2 Å². The third kappa shape index (κ3) is 7.06. The van der Waals surface area contributed by atoms with Gasteiger partial charge in [-0.3, -0.25) is 0 Å². The normalized spacial score (nSPS) is 19.4. The molecule has 1 aromatic carbocycles. The SMILES string of the molecule is CC(C)CC(C)(COc1cc(F)c(B2OC(C)(C)C(C)(C)O2)cc1F)NC(=O)OC(C)(C)C. The number of carbonyl (C=O) groups is 1. The van der Waals surface area contributed by atoms with Crippen molar-refractivity contribution in [3.63, 3.8) is 0 Å². The minimum absolute atomic E-state index is 0.0321. The van der Waals surface area contributed by atoms with Crippen LogP contribution in [0.5, 0.6) is 5.75 Å². The molecule has 0 saturated carbocycles. The number of hydrogen-bond donors (Lipinski definition) is 1. The lowest BCUT2D eigenvalue weighted by Crippen LogP contribution is -2.52. The molecule has 0 radical (unpaired) electrons. The van der Waals surface area contributed by atoms with Crippen LogP contribution < -0.4 is 15.5 Å². The van der Waals surface area contributed by atoms with E-state index in [0.717, 1.165) is 12.1 Å². The highest BCUT2D eigenvalue weighted by Gasteiger charge is 2.52. The number of ether oxygens (including phenoxy) is 2. The van der Waals surface area contributed by atoms with Gasteiger partial charge in [0.25, 0.3) is 0 Å². The molecule has 1 amide bonds. The van der Waals surface area contributed by atoms with Crippen molar-refractivity contribution >= 4 is 18.7 Å². The van der Waals surface area contributed by atoms with Crippen LogP contribution in [0.2, 0.25) is 0 Å². The fourth-order valence-corrected chi connectivity index (χ4v) is 3.64. The van der Waals surface area contributed by atoms with Crippen molar-refractivity contribution in [2.45, 2.75) is 98.0 Å². The van der Waals surface area contributed by atoms with E-state index in [9.17, 15) is 13.6 Å². The summed E-state index contributed by atoms with van der Waals surface area (Å²) in [6.45, 7) is 18.4. The van der Waals surface area contributed by atoms with Crippen LogP contribution in [0.15, 0.2) is 12.1 Å². The number of carbonyl (C=O) groups excluding carboxylic acids is 1. The number of halogens is 2. The van der Waals surface area contributed by atoms with Gasteiger partial charge < -0.3 is 24.1 Å². The van der Waals surface area contributed by atoms with Crippen LogP contribution >= 0.6 is 0 Å². The van der Waals surface area contributed by atoms with E-state index in [1.165, 1.54) is 0 Å². The Morgan fingerprint density at radius 1 is 1.06 bits per heavy atom. The second kappa shape index (κ2) is 9.41. The Labute approximate surface area is 196 Å². The minimum atomic E-state index is -1.03. The first-order valence-corrected chi connectivity index (χ1v) is 11.3. The summed E-state index contributed by atoms with van der Waals surface area (Å²) in [5, 5.41) is 2.82. The summed E-state index contributed by atoms with van der Waals surface area (Å²) in [7, 11) is -1.03. The Balaban J connectivity index is 2.18. The lowest BCUT2D eigenvalue weighted by Gasteiger charge is -2.33. The average molecular weight is 469 g/mol. The van der Waals surface area contributed by atoms with Crippen LogP contribution in [0.4, 0.5) is 13.6 Å². The zero-order chi connectivity index (χ0) is 25.4. The van der Waals surface area contributed by atoms with Gasteiger partial charge in [0, 0.05) is 11.5 Å². The van der Waals surface area contributed by atoms with E-state index in [-0.39, 0.29) is 23.7 Å². The molecule has 1 aromatic rings. The van der Waals surface area contributed by atoms with Crippen LogP contribution in [-0.4, -0.2) is 42.2 Å². The standard InChI is InChI=1S/C24H38BF2NO5/c1-15(2)13-24(10,28-20(29)31-21(3,4)5)14-30-19-12-17(26)16(11-18(19)27)25-32-22(6,7)23(8,9)33-25/h11-12,15H,13-14H2,1-10H3,(H,28,29). The van der Waals surface area contributed by atoms with Gasteiger partial charge in [0.1, 0.15) is 18.0 Å². The third-order valence-electron chi connectivity index (χ3n) is 5.77. The quantitative estimate of drug-likeness (QED) is 0.572. The molecule has 1 fully saturated rings. The molecule has 1 unspecified atom stereocenters. The maximum Gasteiger partial charge on any atom is 0.497 e. The topological polar surface area (TPSA) is 66.0 Å². The van der Waals surface area contributed by atoms with Crippen LogP contribution in [0.25, 0.3) is 0 Å². The van der Waals surface area contributed by atoms with Gasteiger partial charge in [-0.1, -0.05) is 13.8 Å². The van der Waals surface area contributed by atoms with Crippen LogP contribution in [0, 0.1) is 17.6 Å². The lowest BCUT2D eigenvalue weighted by molar-refractivity contribution is 0.00578. The highest BCUT2D eigenvalue weighted by molar-refractivity contribution is 6.62. The van der Waals surface area contributed by atoms with Crippen molar-refractivity contribution in [1.29, 1.82) is 0 Å². The average Bonchev–Trinajstić information content (AvgIpc) is 2.80. The van der Waals surface area contributed by atoms with E-state index in [0.29, 0.717) is 6.42 Å². The van der Waals surface area contributed by atoms with Crippen LogP contribution in [0.1, 0.15) is 75.7 Å². The summed E-state index contributed by atoms with van der Waals surface area (Å²) in [4.78, 5) is 12.3. The Morgan fingerprint density at radius 3 is 2.09 bits per heavy atom. The third-order valence-corrected chi connectivity index (χ3v) is 5.77. The van der Waals surface area contributed by atoms with E-state index in [1.807, 2.05) is 41.5 Å². The maximum absolute atomic E-state index is 14.9. The van der Waals surface area contributed by atoms with Gasteiger partial charge in [-0.2, -0.15) is 0 Å². The van der Waals surface area contributed by atoms with Crippen molar-refractivity contribution in [3.8, 4) is 5.75 Å². The van der Waals surface area contributed by atoms with E-state index in [4.69, 9.17) is 18.8 Å². The Bertz CT molecular complexity index is 853. The smallest absolute Gasteiger partial charge is 0.488 e. The summed E-state index contributed by atoms with van der Waals surface area (Å²) < 4.78 is 52.5. The predicted octanol–water partition coefficient (Wildman–Crippen LogP) is 4.97. The van der Waals surface area contributed by atoms with Crippen molar-refractivity contribution in [2.24, 2.45) is 5.92 Å². The zero-order valence-electron chi connectivity index (χ0n) is 21.5. The van der Waals surface area contributed by atoms with Crippen LogP contribution in [-0.2, 0) is 14.0 Å². The Morgan fingerprint density at radius 2 is 1.61 bits per heavy atom. The summed E-state index contributed by atoms with van der Waals surface area (Å²) in [6.07, 6.45) is -0.0560. The number of amides is 1.